The number of hydrogen-bond acceptors (Lipinski definition) is 4. The number of hydrogen-bond donors (Lipinski definition) is 1. The van der Waals surface area contributed by atoms with Crippen LogP contribution in [0.2, 0.25) is 0 Å². The van der Waals surface area contributed by atoms with E-state index in [4.69, 9.17) is 10.5 Å². The fourth-order valence-corrected chi connectivity index (χ4v) is 3.54. The lowest BCUT2D eigenvalue weighted by Crippen LogP contribution is -2.47. The fourth-order valence-electron chi connectivity index (χ4n) is 3.06. The molecule has 6 heteroatoms. The normalized spacial score (nSPS) is 16.4. The minimum atomic E-state index is -0.333. The molecule has 1 aliphatic heterocycles. The summed E-state index contributed by atoms with van der Waals surface area (Å²) < 4.78 is 5.19. The van der Waals surface area contributed by atoms with Crippen molar-refractivity contribution in [2.45, 2.75) is 31.7 Å². The lowest BCUT2D eigenvalue weighted by atomic mass is 9.90. The molecule has 2 N–H and O–H groups in total. The van der Waals surface area contributed by atoms with E-state index in [1.54, 1.807) is 18.9 Å². The quantitative estimate of drug-likeness (QED) is 0.799. The molecule has 1 saturated heterocycles. The van der Waals surface area contributed by atoms with E-state index in [1.807, 2.05) is 23.3 Å². The molecule has 0 bridgehead atoms. The van der Waals surface area contributed by atoms with Crippen LogP contribution in [-0.2, 0) is 11.2 Å². The molecule has 1 heterocycles. The molecule has 1 fully saturated rings. The Morgan fingerprint density at radius 1 is 1.33 bits per heavy atom. The monoisotopic (exact) mass is 372 g/mol. The van der Waals surface area contributed by atoms with Gasteiger partial charge in [0.05, 0.1) is 13.2 Å². The maximum absolute atomic E-state index is 12.3. The molecule has 0 spiro atoms. The van der Waals surface area contributed by atoms with E-state index in [9.17, 15) is 4.79 Å². The van der Waals surface area contributed by atoms with Crippen LogP contribution in [-0.4, -0.2) is 49.1 Å². The minimum Gasteiger partial charge on any atom is -0.497 e. The van der Waals surface area contributed by atoms with E-state index in [-0.39, 0.29) is 24.4 Å². The van der Waals surface area contributed by atoms with E-state index in [0.717, 1.165) is 50.3 Å². The summed E-state index contributed by atoms with van der Waals surface area (Å²) in [7, 11) is 1.69. The van der Waals surface area contributed by atoms with Crippen molar-refractivity contribution in [3.8, 4) is 5.75 Å². The summed E-state index contributed by atoms with van der Waals surface area (Å²) in [6.45, 7) is 1.68. The van der Waals surface area contributed by atoms with Gasteiger partial charge in [0.25, 0.3) is 0 Å². The number of halogens is 1. The fraction of sp³-hybridized carbons (Fsp3) is 0.611. The van der Waals surface area contributed by atoms with Crippen LogP contribution in [0.15, 0.2) is 24.3 Å². The van der Waals surface area contributed by atoms with Crippen LogP contribution in [0.1, 0.15) is 24.8 Å². The Morgan fingerprint density at radius 3 is 2.50 bits per heavy atom. The van der Waals surface area contributed by atoms with Crippen molar-refractivity contribution in [1.82, 2.24) is 4.90 Å². The number of thioether (sulfide) groups is 1. The lowest BCUT2D eigenvalue weighted by molar-refractivity contribution is -0.134. The van der Waals surface area contributed by atoms with Crippen molar-refractivity contribution in [2.24, 2.45) is 11.7 Å². The molecule has 1 aromatic carbocycles. The van der Waals surface area contributed by atoms with Gasteiger partial charge in [-0.2, -0.15) is 11.8 Å². The lowest BCUT2D eigenvalue weighted by Gasteiger charge is -2.33. The van der Waals surface area contributed by atoms with E-state index in [2.05, 4.69) is 12.1 Å². The van der Waals surface area contributed by atoms with Gasteiger partial charge < -0.3 is 15.4 Å². The number of ether oxygens (including phenoxy) is 1. The summed E-state index contributed by atoms with van der Waals surface area (Å²) in [6.07, 6.45) is 6.01. The number of carbonyl (C=O) groups excluding carboxylic acids is 1. The highest BCUT2D eigenvalue weighted by Crippen LogP contribution is 2.23. The SMILES string of the molecule is COc1ccc(CC2CCN(C(=O)[C@@H](N)CCSC)CC2)cc1.Cl. The molecule has 4 nitrogen and oxygen atoms in total. The van der Waals surface area contributed by atoms with Crippen LogP contribution in [0, 0.1) is 5.92 Å². The van der Waals surface area contributed by atoms with Crippen molar-refractivity contribution in [1.29, 1.82) is 0 Å². The summed E-state index contributed by atoms with van der Waals surface area (Å²) in [5, 5.41) is 0. The first kappa shape index (κ1) is 21.1. The van der Waals surface area contributed by atoms with Crippen molar-refractivity contribution >= 4 is 30.1 Å². The molecule has 136 valence electrons. The first-order chi connectivity index (χ1) is 11.1. The molecule has 0 saturated carbocycles. The van der Waals surface area contributed by atoms with Crippen LogP contribution in [0.4, 0.5) is 0 Å². The van der Waals surface area contributed by atoms with Crippen molar-refractivity contribution in [3.63, 3.8) is 0 Å². The number of nitrogens with zero attached hydrogens (tertiary/aromatic N) is 1. The first-order valence-corrected chi connectivity index (χ1v) is 9.69. The predicted octanol–water partition coefficient (Wildman–Crippen LogP) is 2.98. The second-order valence-electron chi connectivity index (χ2n) is 6.21. The zero-order valence-corrected chi connectivity index (χ0v) is 16.2. The molecule has 0 aromatic heterocycles. The number of piperidine rings is 1. The molecule has 1 aromatic rings. The third kappa shape index (κ3) is 6.19. The summed E-state index contributed by atoms with van der Waals surface area (Å²) >= 11 is 1.74. The van der Waals surface area contributed by atoms with Gasteiger partial charge in [0.15, 0.2) is 0 Å². The van der Waals surface area contributed by atoms with Crippen LogP contribution in [0.3, 0.4) is 0 Å². The minimum absolute atomic E-state index is 0. The molecule has 1 amide bonds. The average Bonchev–Trinajstić information content (AvgIpc) is 2.60. The van der Waals surface area contributed by atoms with Crippen LogP contribution in [0.25, 0.3) is 0 Å². The van der Waals surface area contributed by atoms with Gasteiger partial charge in [-0.05, 0) is 61.3 Å². The molecular formula is C18H29ClN2O2S. The Hall–Kier alpha value is -0.910. The molecule has 24 heavy (non-hydrogen) atoms. The van der Waals surface area contributed by atoms with Crippen molar-refractivity contribution < 1.29 is 9.53 Å². The Labute approximate surface area is 155 Å². The Morgan fingerprint density at radius 2 is 1.96 bits per heavy atom. The summed E-state index contributed by atoms with van der Waals surface area (Å²) in [5.41, 5.74) is 7.34. The second-order valence-corrected chi connectivity index (χ2v) is 7.19. The van der Waals surface area contributed by atoms with E-state index in [0.29, 0.717) is 5.92 Å². The van der Waals surface area contributed by atoms with Gasteiger partial charge in [-0.25, -0.2) is 0 Å². The highest BCUT2D eigenvalue weighted by Gasteiger charge is 2.26. The third-order valence-electron chi connectivity index (χ3n) is 4.56. The van der Waals surface area contributed by atoms with Gasteiger partial charge in [0.1, 0.15) is 5.75 Å². The summed E-state index contributed by atoms with van der Waals surface area (Å²) in [6, 6.07) is 7.96. The topological polar surface area (TPSA) is 55.6 Å². The Bertz CT molecular complexity index is 490. The van der Waals surface area contributed by atoms with E-state index >= 15 is 0 Å². The van der Waals surface area contributed by atoms with Gasteiger partial charge in [0.2, 0.25) is 5.91 Å². The number of methoxy groups -OCH3 is 1. The number of benzene rings is 1. The molecule has 2 rings (SSSR count). The predicted molar refractivity (Wildman–Crippen MR) is 104 cm³/mol. The highest BCUT2D eigenvalue weighted by atomic mass is 35.5. The van der Waals surface area contributed by atoms with Crippen LogP contribution < -0.4 is 10.5 Å². The van der Waals surface area contributed by atoms with E-state index in [1.165, 1.54) is 5.56 Å². The Balaban J connectivity index is 0.00000288. The third-order valence-corrected chi connectivity index (χ3v) is 5.20. The zero-order chi connectivity index (χ0) is 16.7. The molecule has 0 radical (unpaired) electrons. The molecular weight excluding hydrogens is 344 g/mol. The first-order valence-electron chi connectivity index (χ1n) is 8.30. The van der Waals surface area contributed by atoms with Gasteiger partial charge in [-0.15, -0.1) is 12.4 Å². The number of rotatable bonds is 7. The van der Waals surface area contributed by atoms with E-state index < -0.39 is 0 Å². The van der Waals surface area contributed by atoms with Crippen molar-refractivity contribution in [3.05, 3.63) is 29.8 Å². The second kappa shape index (κ2) is 10.9. The molecule has 1 atom stereocenters. The molecule has 0 unspecified atom stereocenters. The summed E-state index contributed by atoms with van der Waals surface area (Å²) in [5.74, 6) is 2.62. The maximum atomic E-state index is 12.3. The maximum Gasteiger partial charge on any atom is 0.239 e. The summed E-state index contributed by atoms with van der Waals surface area (Å²) in [4.78, 5) is 14.3. The van der Waals surface area contributed by atoms with Gasteiger partial charge >= 0.3 is 0 Å². The number of nitrogens with two attached hydrogens (primary N) is 1. The number of carbonyl (C=O) groups is 1. The van der Waals surface area contributed by atoms with Gasteiger partial charge in [-0.3, -0.25) is 4.79 Å². The van der Waals surface area contributed by atoms with Gasteiger partial charge in [-0.1, -0.05) is 12.1 Å². The van der Waals surface area contributed by atoms with Gasteiger partial charge in [0, 0.05) is 13.1 Å². The molecule has 1 aliphatic rings. The van der Waals surface area contributed by atoms with Crippen LogP contribution in [0.5, 0.6) is 5.75 Å². The van der Waals surface area contributed by atoms with Crippen LogP contribution >= 0.6 is 24.2 Å². The largest absolute Gasteiger partial charge is 0.497 e. The number of likely N-dealkylation sites (tertiary alicyclic amines) is 1. The zero-order valence-electron chi connectivity index (χ0n) is 14.6. The Kier molecular flexibility index (Phi) is 9.56. The average molecular weight is 373 g/mol. The standard InChI is InChI=1S/C18H28N2O2S.ClH/c1-22-16-5-3-14(4-6-16)13-15-7-10-20(11-8-15)18(21)17(19)9-12-23-2;/h3-6,15,17H,7-13,19H2,1-2H3;1H/t17-;/m0./s1. The number of amides is 1. The molecule has 0 aliphatic carbocycles. The highest BCUT2D eigenvalue weighted by molar-refractivity contribution is 7.98. The smallest absolute Gasteiger partial charge is 0.239 e. The van der Waals surface area contributed by atoms with Crippen molar-refractivity contribution in [2.75, 3.05) is 32.2 Å².